The molecule has 150 valence electrons. The topological polar surface area (TPSA) is 52.6 Å². The normalized spacial score (nSPS) is 20.0. The van der Waals surface area contributed by atoms with Crippen molar-refractivity contribution in [2.24, 2.45) is 0 Å². The highest BCUT2D eigenvalue weighted by molar-refractivity contribution is 9.10. The zero-order chi connectivity index (χ0) is 20.3. The molecule has 28 heavy (non-hydrogen) atoms. The van der Waals surface area contributed by atoms with E-state index in [4.69, 9.17) is 0 Å². The van der Waals surface area contributed by atoms with Crippen molar-refractivity contribution < 1.29 is 9.90 Å². The molecule has 0 atom stereocenters. The Labute approximate surface area is 176 Å². The van der Waals surface area contributed by atoms with Gasteiger partial charge in [-0.3, -0.25) is 4.90 Å². The second-order valence-electron chi connectivity index (χ2n) is 8.58. The second kappa shape index (κ2) is 8.66. The van der Waals surface area contributed by atoms with Crippen LogP contribution in [0.3, 0.4) is 0 Å². The third-order valence-corrected chi connectivity index (χ3v) is 5.70. The fourth-order valence-corrected chi connectivity index (χ4v) is 4.46. The smallest absolute Gasteiger partial charge is 0.412 e. The number of halogens is 1. The predicted octanol–water partition coefficient (Wildman–Crippen LogP) is 6.30. The van der Waals surface area contributed by atoms with Crippen LogP contribution in [0.1, 0.15) is 46.5 Å². The predicted molar refractivity (Wildman–Crippen MR) is 119 cm³/mol. The first-order chi connectivity index (χ1) is 13.2. The number of benzene rings is 2. The van der Waals surface area contributed by atoms with Crippen LogP contribution in [0.15, 0.2) is 53.0 Å². The van der Waals surface area contributed by atoms with Crippen LogP contribution in [0.2, 0.25) is 0 Å². The third kappa shape index (κ3) is 5.15. The molecule has 3 rings (SSSR count). The van der Waals surface area contributed by atoms with E-state index in [1.54, 1.807) is 4.90 Å². The fraction of sp³-hybridized carbons (Fsp3) is 0.435. The SMILES string of the molecule is CC(C)(C)NC1CCC(N(C(=O)O)c2cc(Br)ccc2-c2ccccc2)CC1. The van der Waals surface area contributed by atoms with E-state index in [2.05, 4.69) is 42.0 Å². The van der Waals surface area contributed by atoms with Crippen molar-refractivity contribution in [3.8, 4) is 11.1 Å². The van der Waals surface area contributed by atoms with Gasteiger partial charge in [0.05, 0.1) is 5.69 Å². The van der Waals surface area contributed by atoms with Crippen molar-refractivity contribution in [2.75, 3.05) is 4.90 Å². The molecule has 0 aliphatic heterocycles. The first-order valence-electron chi connectivity index (χ1n) is 9.89. The van der Waals surface area contributed by atoms with E-state index in [9.17, 15) is 9.90 Å². The highest BCUT2D eigenvalue weighted by Crippen LogP contribution is 2.37. The first kappa shape index (κ1) is 20.9. The van der Waals surface area contributed by atoms with Crippen LogP contribution in [-0.2, 0) is 0 Å². The van der Waals surface area contributed by atoms with Gasteiger partial charge in [0.1, 0.15) is 0 Å². The van der Waals surface area contributed by atoms with E-state index in [-0.39, 0.29) is 11.6 Å². The maximum atomic E-state index is 12.3. The van der Waals surface area contributed by atoms with Gasteiger partial charge in [-0.05, 0) is 64.2 Å². The molecule has 0 aromatic heterocycles. The summed E-state index contributed by atoms with van der Waals surface area (Å²) in [6, 6.07) is 16.3. The van der Waals surface area contributed by atoms with Crippen LogP contribution in [0.4, 0.5) is 10.5 Å². The molecule has 5 heteroatoms. The summed E-state index contributed by atoms with van der Waals surface area (Å²) in [6.07, 6.45) is 2.81. The van der Waals surface area contributed by atoms with Gasteiger partial charge in [0.25, 0.3) is 0 Å². The Balaban J connectivity index is 1.88. The minimum absolute atomic E-state index is 0.00715. The molecule has 1 amide bonds. The maximum Gasteiger partial charge on any atom is 0.412 e. The van der Waals surface area contributed by atoms with E-state index >= 15 is 0 Å². The van der Waals surface area contributed by atoms with Crippen LogP contribution >= 0.6 is 15.9 Å². The molecule has 0 bridgehead atoms. The molecule has 0 spiro atoms. The number of nitrogens with one attached hydrogen (secondary N) is 1. The highest BCUT2D eigenvalue weighted by Gasteiger charge is 2.32. The lowest BCUT2D eigenvalue weighted by Gasteiger charge is -2.38. The average molecular weight is 445 g/mol. The van der Waals surface area contributed by atoms with Crippen LogP contribution in [0.5, 0.6) is 0 Å². The van der Waals surface area contributed by atoms with Gasteiger partial charge in [-0.25, -0.2) is 4.79 Å². The summed E-state index contributed by atoms with van der Waals surface area (Å²) in [5.41, 5.74) is 2.80. The van der Waals surface area contributed by atoms with Gasteiger partial charge in [0, 0.05) is 27.7 Å². The van der Waals surface area contributed by atoms with E-state index in [1.165, 1.54) is 0 Å². The number of anilines is 1. The summed E-state index contributed by atoms with van der Waals surface area (Å²) in [7, 11) is 0. The van der Waals surface area contributed by atoms with Crippen LogP contribution < -0.4 is 10.2 Å². The van der Waals surface area contributed by atoms with Crippen LogP contribution in [0.25, 0.3) is 11.1 Å². The van der Waals surface area contributed by atoms with Gasteiger partial charge >= 0.3 is 6.09 Å². The van der Waals surface area contributed by atoms with E-state index in [1.807, 2.05) is 48.5 Å². The van der Waals surface area contributed by atoms with Crippen molar-refractivity contribution in [2.45, 2.75) is 64.1 Å². The summed E-state index contributed by atoms with van der Waals surface area (Å²) in [6.45, 7) is 6.53. The largest absolute Gasteiger partial charge is 0.465 e. The van der Waals surface area contributed by atoms with Gasteiger partial charge < -0.3 is 10.4 Å². The number of nitrogens with zero attached hydrogens (tertiary/aromatic N) is 1. The van der Waals surface area contributed by atoms with E-state index < -0.39 is 6.09 Å². The molecule has 2 N–H and O–H groups in total. The molecule has 1 fully saturated rings. The molecule has 1 aliphatic carbocycles. The summed E-state index contributed by atoms with van der Waals surface area (Å²) in [5, 5.41) is 13.7. The summed E-state index contributed by atoms with van der Waals surface area (Å²) in [4.78, 5) is 13.9. The van der Waals surface area contributed by atoms with E-state index in [0.29, 0.717) is 6.04 Å². The Morgan fingerprint density at radius 1 is 1.07 bits per heavy atom. The first-order valence-corrected chi connectivity index (χ1v) is 10.7. The number of rotatable bonds is 4. The van der Waals surface area contributed by atoms with Gasteiger partial charge in [-0.2, -0.15) is 0 Å². The van der Waals surface area contributed by atoms with Crippen molar-refractivity contribution in [3.05, 3.63) is 53.0 Å². The lowest BCUT2D eigenvalue weighted by molar-refractivity contribution is 0.193. The molecule has 1 saturated carbocycles. The highest BCUT2D eigenvalue weighted by atomic mass is 79.9. The van der Waals surface area contributed by atoms with E-state index in [0.717, 1.165) is 47.0 Å². The zero-order valence-electron chi connectivity index (χ0n) is 16.8. The number of carboxylic acid groups (broad SMARTS) is 1. The van der Waals surface area contributed by atoms with Crippen molar-refractivity contribution in [3.63, 3.8) is 0 Å². The lowest BCUT2D eigenvalue weighted by Crippen LogP contribution is -2.49. The molecule has 0 saturated heterocycles. The van der Waals surface area contributed by atoms with Crippen LogP contribution in [-0.4, -0.2) is 28.8 Å². The fourth-order valence-electron chi connectivity index (χ4n) is 4.11. The Morgan fingerprint density at radius 2 is 1.71 bits per heavy atom. The average Bonchev–Trinajstić information content (AvgIpc) is 2.63. The second-order valence-corrected chi connectivity index (χ2v) is 9.50. The quantitative estimate of drug-likeness (QED) is 0.581. The molecule has 0 unspecified atom stereocenters. The number of carbonyl (C=O) groups is 1. The van der Waals surface area contributed by atoms with Gasteiger partial charge in [-0.15, -0.1) is 0 Å². The monoisotopic (exact) mass is 444 g/mol. The summed E-state index contributed by atoms with van der Waals surface area (Å²) < 4.78 is 0.886. The molecule has 4 nitrogen and oxygen atoms in total. The molecule has 2 aromatic carbocycles. The summed E-state index contributed by atoms with van der Waals surface area (Å²) >= 11 is 3.52. The maximum absolute atomic E-state index is 12.3. The molecular formula is C23H29BrN2O2. The van der Waals surface area contributed by atoms with Crippen molar-refractivity contribution >= 4 is 27.7 Å². The molecule has 1 aliphatic rings. The molecule has 2 aromatic rings. The Bertz CT molecular complexity index is 809. The van der Waals surface area contributed by atoms with Gasteiger partial charge in [0.2, 0.25) is 0 Å². The zero-order valence-corrected chi connectivity index (χ0v) is 18.4. The minimum atomic E-state index is -0.887. The Kier molecular flexibility index (Phi) is 6.46. The minimum Gasteiger partial charge on any atom is -0.465 e. The number of amides is 1. The standard InChI is InChI=1S/C23H29BrN2O2/c1-23(2,3)25-18-10-12-19(13-11-18)26(22(27)28)21-15-17(24)9-14-20(21)16-7-5-4-6-8-16/h4-9,14-15,18-19,25H,10-13H2,1-3H3,(H,27,28). The number of hydrogen-bond acceptors (Lipinski definition) is 2. The summed E-state index contributed by atoms with van der Waals surface area (Å²) in [5.74, 6) is 0. The van der Waals surface area contributed by atoms with Crippen molar-refractivity contribution in [1.82, 2.24) is 5.32 Å². The van der Waals surface area contributed by atoms with Gasteiger partial charge in [0.15, 0.2) is 0 Å². The molecule has 0 radical (unpaired) electrons. The molecule has 0 heterocycles. The third-order valence-electron chi connectivity index (χ3n) is 5.21. The lowest BCUT2D eigenvalue weighted by atomic mass is 9.88. The van der Waals surface area contributed by atoms with Crippen molar-refractivity contribution in [1.29, 1.82) is 0 Å². The Morgan fingerprint density at radius 3 is 2.29 bits per heavy atom. The number of hydrogen-bond donors (Lipinski definition) is 2. The van der Waals surface area contributed by atoms with Gasteiger partial charge in [-0.1, -0.05) is 52.3 Å². The molecular weight excluding hydrogens is 416 g/mol. The van der Waals surface area contributed by atoms with Crippen LogP contribution in [0, 0.1) is 0 Å². The Hall–Kier alpha value is -1.85.